The number of hydrogen-bond donors (Lipinski definition) is 1. The van der Waals surface area contributed by atoms with Crippen LogP contribution in [0, 0.1) is 5.82 Å². The molecule has 4 aromatic rings. The largest absolute Gasteiger partial charge is 0.479 e. The number of piperidine rings is 1. The third-order valence-electron chi connectivity index (χ3n) is 6.35. The van der Waals surface area contributed by atoms with Crippen LogP contribution in [0.25, 0.3) is 22.4 Å². The predicted octanol–water partition coefficient (Wildman–Crippen LogP) is 2.11. The van der Waals surface area contributed by atoms with Crippen molar-refractivity contribution in [2.45, 2.75) is 24.4 Å². The molecule has 0 radical (unpaired) electrons. The van der Waals surface area contributed by atoms with E-state index in [9.17, 15) is 8.78 Å². The Morgan fingerprint density at radius 2 is 2.09 bits per heavy atom. The maximum absolute atomic E-state index is 15.1. The minimum atomic E-state index is -3.00. The molecule has 2 saturated heterocycles. The molecule has 0 bridgehead atoms. The van der Waals surface area contributed by atoms with Crippen LogP contribution < -0.4 is 10.1 Å². The van der Waals surface area contributed by atoms with Crippen LogP contribution in [0.5, 0.6) is 5.88 Å². The Kier molecular flexibility index (Phi) is 4.85. The smallest absolute Gasteiger partial charge is 0.280 e. The number of halogens is 3. The number of hydrogen-bond acceptors (Lipinski definition) is 8. The van der Waals surface area contributed by atoms with Crippen LogP contribution in [0.4, 0.5) is 19.1 Å². The molecule has 6 heterocycles. The number of nitrogens with zero attached hydrogens (tertiary/aromatic N) is 7. The number of ether oxygens (including phenoxy) is 2. The lowest BCUT2D eigenvalue weighted by molar-refractivity contribution is -0.131. The summed E-state index contributed by atoms with van der Waals surface area (Å²) < 4.78 is 58.3. The molecule has 13 heteroatoms. The summed E-state index contributed by atoms with van der Waals surface area (Å²) in [6.07, 6.45) is 7.82. The molecule has 178 valence electrons. The van der Waals surface area contributed by atoms with Crippen LogP contribution in [-0.2, 0) is 4.74 Å². The predicted molar refractivity (Wildman–Crippen MR) is 115 cm³/mol. The minimum absolute atomic E-state index is 0.0387. The van der Waals surface area contributed by atoms with Crippen molar-refractivity contribution in [1.29, 1.82) is 0 Å². The molecule has 1 N–H and O–H groups in total. The van der Waals surface area contributed by atoms with Gasteiger partial charge in [0.25, 0.3) is 5.92 Å². The molecule has 34 heavy (non-hydrogen) atoms. The second-order valence-electron chi connectivity index (χ2n) is 8.48. The average molecular weight is 474 g/mol. The number of alkyl halides is 2. The number of anilines is 1. The van der Waals surface area contributed by atoms with E-state index in [-0.39, 0.29) is 41.9 Å². The van der Waals surface area contributed by atoms with Crippen molar-refractivity contribution >= 4 is 17.2 Å². The van der Waals surface area contributed by atoms with Crippen LogP contribution >= 0.6 is 0 Å². The zero-order chi connectivity index (χ0) is 23.4. The van der Waals surface area contributed by atoms with Crippen LogP contribution in [-0.4, -0.2) is 85.3 Å². The van der Waals surface area contributed by atoms with Gasteiger partial charge < -0.3 is 14.8 Å². The molecule has 10 nitrogen and oxygen atoms in total. The highest BCUT2D eigenvalue weighted by molar-refractivity contribution is 5.84. The van der Waals surface area contributed by atoms with Gasteiger partial charge in [-0.3, -0.25) is 9.30 Å². The lowest BCUT2D eigenvalue weighted by Crippen LogP contribution is -2.61. The molecule has 4 aromatic heterocycles. The zero-order valence-electron chi connectivity index (χ0n) is 18.2. The zero-order valence-corrected chi connectivity index (χ0v) is 18.2. The number of fused-ring (bicyclic) bond motifs is 2. The Morgan fingerprint density at radius 3 is 2.82 bits per heavy atom. The Bertz CT molecular complexity index is 1370. The summed E-state index contributed by atoms with van der Waals surface area (Å²) in [6.45, 7) is 1.10. The van der Waals surface area contributed by atoms with Crippen molar-refractivity contribution in [3.8, 4) is 17.0 Å². The molecule has 1 unspecified atom stereocenters. The molecule has 2 fully saturated rings. The number of aromatic nitrogens is 6. The molecule has 6 rings (SSSR count). The Labute approximate surface area is 191 Å². The van der Waals surface area contributed by atoms with Gasteiger partial charge in [0.2, 0.25) is 17.6 Å². The molecular weight excluding hydrogens is 453 g/mol. The van der Waals surface area contributed by atoms with E-state index in [2.05, 4.69) is 25.4 Å². The molecule has 0 amide bonds. The van der Waals surface area contributed by atoms with Gasteiger partial charge in [-0.2, -0.15) is 4.98 Å². The lowest BCUT2D eigenvalue weighted by Gasteiger charge is -2.44. The summed E-state index contributed by atoms with van der Waals surface area (Å²) in [5.41, 5.74) is 0.915. The van der Waals surface area contributed by atoms with Crippen molar-refractivity contribution in [2.75, 3.05) is 38.7 Å². The Balaban J connectivity index is 1.33. The molecule has 2 aliphatic rings. The van der Waals surface area contributed by atoms with Crippen molar-refractivity contribution < 1.29 is 22.6 Å². The Hall–Kier alpha value is -3.45. The van der Waals surface area contributed by atoms with Gasteiger partial charge in [0, 0.05) is 36.9 Å². The fourth-order valence-corrected chi connectivity index (χ4v) is 4.49. The maximum Gasteiger partial charge on any atom is 0.280 e. The normalized spacial score (nSPS) is 21.1. The van der Waals surface area contributed by atoms with Gasteiger partial charge in [-0.05, 0) is 6.42 Å². The maximum atomic E-state index is 15.1. The second kappa shape index (κ2) is 7.81. The summed E-state index contributed by atoms with van der Waals surface area (Å²) in [7, 11) is 1.38. The van der Waals surface area contributed by atoms with E-state index in [1.54, 1.807) is 27.9 Å². The highest BCUT2D eigenvalue weighted by Gasteiger charge is 2.47. The fraction of sp³-hybridized carbons (Fsp3) is 0.429. The van der Waals surface area contributed by atoms with E-state index in [0.717, 1.165) is 6.20 Å². The standard InChI is InChI=1S/C21H21F3N8O2/c1-33-18-17-16(12-6-26-20-25-3-5-30(20)7-12)14(22)8-32(17)29-19(28-18)27-15-2-4-31(11-21(15,23)24)13-9-34-10-13/h3,5-8,13,15H,2,4,9-11H2,1H3,(H,27,29). The third kappa shape index (κ3) is 3.42. The van der Waals surface area contributed by atoms with Gasteiger partial charge in [-0.25, -0.2) is 27.7 Å². The van der Waals surface area contributed by atoms with Crippen LogP contribution in [0.2, 0.25) is 0 Å². The van der Waals surface area contributed by atoms with E-state index < -0.39 is 17.8 Å². The average Bonchev–Trinajstić information content (AvgIpc) is 3.36. The monoisotopic (exact) mass is 474 g/mol. The summed E-state index contributed by atoms with van der Waals surface area (Å²) in [5.74, 6) is -3.13. The van der Waals surface area contributed by atoms with Crippen molar-refractivity contribution in [1.82, 2.24) is 33.9 Å². The second-order valence-corrected chi connectivity index (χ2v) is 8.48. The van der Waals surface area contributed by atoms with E-state index in [0.29, 0.717) is 31.1 Å². The SMILES string of the molecule is COc1nc(NC2CCN(C3COC3)CC2(F)F)nn2cc(F)c(-c3cnc4nccn4c3)c12. The Morgan fingerprint density at radius 1 is 1.24 bits per heavy atom. The van der Waals surface area contributed by atoms with Gasteiger partial charge >= 0.3 is 0 Å². The van der Waals surface area contributed by atoms with Crippen molar-refractivity contribution in [2.24, 2.45) is 0 Å². The van der Waals surface area contributed by atoms with E-state index in [4.69, 9.17) is 9.47 Å². The van der Waals surface area contributed by atoms with Crippen molar-refractivity contribution in [3.05, 3.63) is 36.8 Å². The highest BCUT2D eigenvalue weighted by Crippen LogP contribution is 2.35. The molecule has 1 atom stereocenters. The first-order chi connectivity index (χ1) is 16.4. The lowest BCUT2D eigenvalue weighted by atomic mass is 9.98. The quantitative estimate of drug-likeness (QED) is 0.470. The summed E-state index contributed by atoms with van der Waals surface area (Å²) in [6, 6.07) is -1.13. The van der Waals surface area contributed by atoms with Crippen LogP contribution in [0.1, 0.15) is 6.42 Å². The number of methoxy groups -OCH3 is 1. The minimum Gasteiger partial charge on any atom is -0.479 e. The number of nitrogens with one attached hydrogen (secondary N) is 1. The first-order valence-electron chi connectivity index (χ1n) is 10.8. The molecule has 0 saturated carbocycles. The molecule has 0 spiro atoms. The van der Waals surface area contributed by atoms with E-state index in [1.807, 2.05) is 0 Å². The number of rotatable bonds is 5. The number of imidazole rings is 1. The molecule has 0 aromatic carbocycles. The fourth-order valence-electron chi connectivity index (χ4n) is 4.49. The van der Waals surface area contributed by atoms with Crippen molar-refractivity contribution in [3.63, 3.8) is 0 Å². The topological polar surface area (TPSA) is 94.1 Å². The van der Waals surface area contributed by atoms with Gasteiger partial charge in [0.05, 0.1) is 50.7 Å². The molecule has 0 aliphatic carbocycles. The summed E-state index contributed by atoms with van der Waals surface area (Å²) in [5, 5.41) is 7.00. The van der Waals surface area contributed by atoms with E-state index >= 15 is 4.39 Å². The van der Waals surface area contributed by atoms with Gasteiger partial charge in [-0.1, -0.05) is 0 Å². The van der Waals surface area contributed by atoms with Gasteiger partial charge in [0.1, 0.15) is 5.52 Å². The number of likely N-dealkylation sites (tertiary alicyclic amines) is 1. The summed E-state index contributed by atoms with van der Waals surface area (Å²) in [4.78, 5) is 14.3. The van der Waals surface area contributed by atoms with Crippen LogP contribution in [0.15, 0.2) is 31.0 Å². The summed E-state index contributed by atoms with van der Waals surface area (Å²) >= 11 is 0. The molecular formula is C21H21F3N8O2. The first-order valence-corrected chi connectivity index (χ1v) is 10.8. The first kappa shape index (κ1) is 21.1. The van der Waals surface area contributed by atoms with E-state index in [1.165, 1.54) is 17.8 Å². The highest BCUT2D eigenvalue weighted by atomic mass is 19.3. The third-order valence-corrected chi connectivity index (χ3v) is 6.35. The molecule has 2 aliphatic heterocycles. The van der Waals surface area contributed by atoms with Crippen LogP contribution in [0.3, 0.4) is 0 Å². The van der Waals surface area contributed by atoms with Gasteiger partial charge in [-0.15, -0.1) is 5.10 Å². The van der Waals surface area contributed by atoms with Gasteiger partial charge in [0.15, 0.2) is 5.82 Å².